The van der Waals surface area contributed by atoms with Gasteiger partial charge in [0.05, 0.1) is 7.11 Å². The van der Waals surface area contributed by atoms with Crippen LogP contribution in [0.2, 0.25) is 5.02 Å². The number of hydrogen-bond acceptors (Lipinski definition) is 4. The number of nitrogens with zero attached hydrogens (tertiary/aromatic N) is 1. The van der Waals surface area contributed by atoms with E-state index in [0.717, 1.165) is 41.7 Å². The topological polar surface area (TPSA) is 33.7 Å². The molecule has 0 saturated heterocycles. The molecule has 0 bridgehead atoms. The van der Waals surface area contributed by atoms with Gasteiger partial charge in [-0.2, -0.15) is 0 Å². The van der Waals surface area contributed by atoms with E-state index in [0.29, 0.717) is 6.61 Å². The zero-order chi connectivity index (χ0) is 17.4. The number of rotatable bonds is 9. The lowest BCUT2D eigenvalue weighted by molar-refractivity contribution is 0.284. The van der Waals surface area contributed by atoms with E-state index in [1.165, 1.54) is 5.56 Å². The Morgan fingerprint density at radius 1 is 1.00 bits per heavy atom. The summed E-state index contributed by atoms with van der Waals surface area (Å²) in [7, 11) is 5.79. The quantitative estimate of drug-likeness (QED) is 0.702. The molecule has 0 amide bonds. The minimum atomic E-state index is 0.480. The predicted molar refractivity (Wildman–Crippen MR) is 99.0 cm³/mol. The normalized spacial score (nSPS) is 10.9. The van der Waals surface area contributed by atoms with Gasteiger partial charge in [0.1, 0.15) is 6.61 Å². The molecule has 0 atom stereocenters. The van der Waals surface area contributed by atoms with E-state index in [1.807, 2.05) is 36.4 Å². The maximum absolute atomic E-state index is 5.89. The lowest BCUT2D eigenvalue weighted by Crippen LogP contribution is -2.26. The first-order valence-electron chi connectivity index (χ1n) is 7.98. The molecule has 24 heavy (non-hydrogen) atoms. The SMILES string of the molecule is COc1cc(CNCCN(C)C)ccc1OCc1ccc(Cl)cc1. The first-order chi connectivity index (χ1) is 11.6. The summed E-state index contributed by atoms with van der Waals surface area (Å²) in [5.41, 5.74) is 2.24. The molecule has 130 valence electrons. The molecule has 2 rings (SSSR count). The van der Waals surface area contributed by atoms with E-state index >= 15 is 0 Å². The number of hydrogen-bond donors (Lipinski definition) is 1. The summed E-state index contributed by atoms with van der Waals surface area (Å²) in [5.74, 6) is 1.49. The van der Waals surface area contributed by atoms with Gasteiger partial charge in [0.25, 0.3) is 0 Å². The van der Waals surface area contributed by atoms with Crippen molar-refractivity contribution in [1.82, 2.24) is 10.2 Å². The molecule has 5 heteroatoms. The van der Waals surface area contributed by atoms with Crippen molar-refractivity contribution in [3.8, 4) is 11.5 Å². The molecule has 2 aromatic rings. The third-order valence-corrected chi connectivity index (χ3v) is 3.85. The van der Waals surface area contributed by atoms with E-state index in [-0.39, 0.29) is 0 Å². The van der Waals surface area contributed by atoms with Gasteiger partial charge >= 0.3 is 0 Å². The molecule has 0 aliphatic rings. The largest absolute Gasteiger partial charge is 0.493 e. The summed E-state index contributed by atoms with van der Waals surface area (Å²) in [4.78, 5) is 2.15. The van der Waals surface area contributed by atoms with E-state index in [1.54, 1.807) is 7.11 Å². The van der Waals surface area contributed by atoms with E-state index in [2.05, 4.69) is 30.4 Å². The van der Waals surface area contributed by atoms with Gasteiger partial charge in [-0.25, -0.2) is 0 Å². The molecule has 0 heterocycles. The Kier molecular flexibility index (Phi) is 7.37. The molecule has 0 aliphatic heterocycles. The lowest BCUT2D eigenvalue weighted by atomic mass is 10.2. The fraction of sp³-hybridized carbons (Fsp3) is 0.368. The molecule has 4 nitrogen and oxygen atoms in total. The Morgan fingerprint density at radius 2 is 1.71 bits per heavy atom. The van der Waals surface area contributed by atoms with Crippen molar-refractivity contribution < 1.29 is 9.47 Å². The minimum absolute atomic E-state index is 0.480. The van der Waals surface area contributed by atoms with Gasteiger partial charge in [-0.05, 0) is 49.5 Å². The van der Waals surface area contributed by atoms with Crippen molar-refractivity contribution >= 4 is 11.6 Å². The first-order valence-corrected chi connectivity index (χ1v) is 8.36. The summed E-state index contributed by atoms with van der Waals surface area (Å²) in [6.07, 6.45) is 0. The maximum Gasteiger partial charge on any atom is 0.161 e. The van der Waals surface area contributed by atoms with Crippen LogP contribution in [0, 0.1) is 0 Å². The molecule has 0 aliphatic carbocycles. The Balaban J connectivity index is 1.91. The highest BCUT2D eigenvalue weighted by atomic mass is 35.5. The standard InChI is InChI=1S/C19H25ClN2O2/c1-22(2)11-10-21-13-16-6-9-18(19(12-16)23-3)24-14-15-4-7-17(20)8-5-15/h4-9,12,21H,10-11,13-14H2,1-3H3. The average molecular weight is 349 g/mol. The number of ether oxygens (including phenoxy) is 2. The summed E-state index contributed by atoms with van der Waals surface area (Å²) in [6.45, 7) is 3.25. The van der Waals surface area contributed by atoms with Gasteiger partial charge in [0.2, 0.25) is 0 Å². The molecule has 2 aromatic carbocycles. The molecule has 0 aromatic heterocycles. The second kappa shape index (κ2) is 9.52. The average Bonchev–Trinajstić information content (AvgIpc) is 2.58. The van der Waals surface area contributed by atoms with Crippen LogP contribution in [-0.2, 0) is 13.2 Å². The number of likely N-dealkylation sites (N-methyl/N-ethyl adjacent to an activating group) is 1. The lowest BCUT2D eigenvalue weighted by Gasteiger charge is -2.14. The second-order valence-corrected chi connectivity index (χ2v) is 6.32. The van der Waals surface area contributed by atoms with Gasteiger partial charge in [-0.3, -0.25) is 0 Å². The van der Waals surface area contributed by atoms with E-state index in [9.17, 15) is 0 Å². The van der Waals surface area contributed by atoms with Crippen molar-refractivity contribution in [2.75, 3.05) is 34.3 Å². The van der Waals surface area contributed by atoms with Crippen molar-refractivity contribution in [2.45, 2.75) is 13.2 Å². The van der Waals surface area contributed by atoms with Crippen LogP contribution in [0.1, 0.15) is 11.1 Å². The Morgan fingerprint density at radius 3 is 2.38 bits per heavy atom. The van der Waals surface area contributed by atoms with E-state index in [4.69, 9.17) is 21.1 Å². The molecule has 0 radical (unpaired) electrons. The van der Waals surface area contributed by atoms with E-state index < -0.39 is 0 Å². The summed E-state index contributed by atoms with van der Waals surface area (Å²) in [6, 6.07) is 13.7. The summed E-state index contributed by atoms with van der Waals surface area (Å²) < 4.78 is 11.3. The molecule has 0 fully saturated rings. The zero-order valence-corrected chi connectivity index (χ0v) is 15.3. The molecule has 1 N–H and O–H groups in total. The number of benzene rings is 2. The third-order valence-electron chi connectivity index (χ3n) is 3.60. The van der Waals surface area contributed by atoms with Crippen molar-refractivity contribution in [1.29, 1.82) is 0 Å². The Labute approximate surface area is 149 Å². The van der Waals surface area contributed by atoms with Crippen molar-refractivity contribution in [3.05, 3.63) is 58.6 Å². The highest BCUT2D eigenvalue weighted by Crippen LogP contribution is 2.29. The first kappa shape index (κ1) is 18.6. The zero-order valence-electron chi connectivity index (χ0n) is 14.5. The van der Waals surface area contributed by atoms with Crippen LogP contribution < -0.4 is 14.8 Å². The summed E-state index contributed by atoms with van der Waals surface area (Å²) >= 11 is 5.89. The van der Waals surface area contributed by atoms with Crippen LogP contribution in [-0.4, -0.2) is 39.2 Å². The maximum atomic E-state index is 5.89. The van der Waals surface area contributed by atoms with Gasteiger partial charge in [-0.1, -0.05) is 29.8 Å². The Hall–Kier alpha value is -1.75. The van der Waals surface area contributed by atoms with Crippen LogP contribution in [0.3, 0.4) is 0 Å². The van der Waals surface area contributed by atoms with Gasteiger partial charge in [0, 0.05) is 24.7 Å². The summed E-state index contributed by atoms with van der Waals surface area (Å²) in [5, 5.41) is 4.14. The minimum Gasteiger partial charge on any atom is -0.493 e. The third kappa shape index (κ3) is 6.04. The predicted octanol–water partition coefficient (Wildman–Crippen LogP) is 3.58. The molecule has 0 saturated carbocycles. The van der Waals surface area contributed by atoms with Crippen LogP contribution >= 0.6 is 11.6 Å². The van der Waals surface area contributed by atoms with Crippen LogP contribution in [0.4, 0.5) is 0 Å². The van der Waals surface area contributed by atoms with Gasteiger partial charge in [-0.15, -0.1) is 0 Å². The highest BCUT2D eigenvalue weighted by molar-refractivity contribution is 6.30. The smallest absolute Gasteiger partial charge is 0.161 e. The molecule has 0 unspecified atom stereocenters. The fourth-order valence-corrected chi connectivity index (χ4v) is 2.34. The molecule has 0 spiro atoms. The second-order valence-electron chi connectivity index (χ2n) is 5.88. The number of methoxy groups -OCH3 is 1. The van der Waals surface area contributed by atoms with Gasteiger partial charge in [0.15, 0.2) is 11.5 Å². The fourth-order valence-electron chi connectivity index (χ4n) is 2.22. The molecular weight excluding hydrogens is 324 g/mol. The van der Waals surface area contributed by atoms with Crippen LogP contribution in [0.25, 0.3) is 0 Å². The monoisotopic (exact) mass is 348 g/mol. The van der Waals surface area contributed by atoms with Crippen LogP contribution in [0.5, 0.6) is 11.5 Å². The Bertz CT molecular complexity index is 630. The molecular formula is C19H25ClN2O2. The van der Waals surface area contributed by atoms with Crippen LogP contribution in [0.15, 0.2) is 42.5 Å². The van der Waals surface area contributed by atoms with Crippen molar-refractivity contribution in [3.63, 3.8) is 0 Å². The van der Waals surface area contributed by atoms with Crippen molar-refractivity contribution in [2.24, 2.45) is 0 Å². The number of nitrogens with one attached hydrogen (secondary N) is 1. The number of halogens is 1. The van der Waals surface area contributed by atoms with Gasteiger partial charge < -0.3 is 19.7 Å². The highest BCUT2D eigenvalue weighted by Gasteiger charge is 2.06.